The van der Waals surface area contributed by atoms with Gasteiger partial charge in [-0.2, -0.15) is 8.99 Å². The second-order valence-electron chi connectivity index (χ2n) is 8.96. The minimum absolute atomic E-state index is 0.00519. The van der Waals surface area contributed by atoms with Crippen LogP contribution in [-0.2, 0) is 20.6 Å². The Balaban J connectivity index is 1.72. The number of amidine groups is 1. The van der Waals surface area contributed by atoms with Gasteiger partial charge in [0, 0.05) is 23.4 Å². The summed E-state index contributed by atoms with van der Waals surface area (Å²) in [7, 11) is -3.81. The molecule has 1 aliphatic heterocycles. The fraction of sp³-hybridized carbons (Fsp3) is 0.348. The lowest BCUT2D eigenvalue weighted by Gasteiger charge is -2.21. The minimum atomic E-state index is -3.81. The largest absolute Gasteiger partial charge is 0.480 e. The lowest BCUT2D eigenvalue weighted by atomic mass is 9.91. The summed E-state index contributed by atoms with van der Waals surface area (Å²) in [5.74, 6) is -2.66. The highest BCUT2D eigenvalue weighted by Crippen LogP contribution is 2.39. The molecule has 1 aromatic carbocycles. The molecule has 3 heterocycles. The number of carboxylic acid groups (broad SMARTS) is 1. The first-order valence-corrected chi connectivity index (χ1v) is 14.0. The van der Waals surface area contributed by atoms with Crippen molar-refractivity contribution in [3.05, 3.63) is 64.9 Å². The maximum atomic E-state index is 13.4. The molecule has 37 heavy (non-hydrogen) atoms. The predicted molar refractivity (Wildman–Crippen MR) is 135 cm³/mol. The van der Waals surface area contributed by atoms with Crippen molar-refractivity contribution >= 4 is 39.5 Å². The third-order valence-corrected chi connectivity index (χ3v) is 8.44. The SMILES string of the molecule is Cc1cocc1C(=O)n1nc(C2C(C)CN(S(C)(=O)=O)C2C(=O)O)nc1SCc1ccc(C(=N)N)cc1. The minimum Gasteiger partial charge on any atom is -0.480 e. The van der Waals surface area contributed by atoms with Crippen molar-refractivity contribution in [3.8, 4) is 0 Å². The van der Waals surface area contributed by atoms with E-state index >= 15 is 0 Å². The van der Waals surface area contributed by atoms with Crippen molar-refractivity contribution in [3.63, 3.8) is 0 Å². The number of thioether (sulfide) groups is 1. The zero-order valence-corrected chi connectivity index (χ0v) is 21.9. The van der Waals surface area contributed by atoms with E-state index in [2.05, 4.69) is 10.1 Å². The first-order chi connectivity index (χ1) is 17.4. The lowest BCUT2D eigenvalue weighted by Crippen LogP contribution is -2.42. The van der Waals surface area contributed by atoms with Crippen molar-refractivity contribution in [1.29, 1.82) is 5.41 Å². The number of nitrogens with one attached hydrogen (secondary N) is 1. The zero-order chi connectivity index (χ0) is 27.1. The first-order valence-electron chi connectivity index (χ1n) is 11.2. The van der Waals surface area contributed by atoms with Gasteiger partial charge in [0.1, 0.15) is 18.1 Å². The molecule has 0 amide bonds. The molecule has 0 spiro atoms. The summed E-state index contributed by atoms with van der Waals surface area (Å²) in [6.45, 7) is 3.44. The smallest absolute Gasteiger partial charge is 0.322 e. The second kappa shape index (κ2) is 10.1. The molecule has 0 saturated carbocycles. The Morgan fingerprint density at radius 2 is 1.95 bits per heavy atom. The van der Waals surface area contributed by atoms with E-state index in [1.54, 1.807) is 38.1 Å². The van der Waals surface area contributed by atoms with Crippen molar-refractivity contribution in [2.75, 3.05) is 12.8 Å². The monoisotopic (exact) mass is 546 g/mol. The normalized spacial score (nSPS) is 20.2. The number of aromatic nitrogens is 3. The lowest BCUT2D eigenvalue weighted by molar-refractivity contribution is -0.141. The molecule has 3 aromatic rings. The number of carbonyl (C=O) groups is 2. The van der Waals surface area contributed by atoms with Gasteiger partial charge in [-0.05, 0) is 18.4 Å². The fourth-order valence-electron chi connectivity index (χ4n) is 4.32. The Morgan fingerprint density at radius 3 is 2.49 bits per heavy atom. The molecule has 196 valence electrons. The van der Waals surface area contributed by atoms with Crippen LogP contribution in [0.2, 0.25) is 0 Å². The number of aryl methyl sites for hydroxylation is 1. The number of hydrogen-bond donors (Lipinski definition) is 3. The summed E-state index contributed by atoms with van der Waals surface area (Å²) in [5.41, 5.74) is 7.83. The summed E-state index contributed by atoms with van der Waals surface area (Å²) < 4.78 is 31.8. The maximum Gasteiger partial charge on any atom is 0.322 e. The molecule has 1 aliphatic rings. The number of nitrogens with zero attached hydrogens (tertiary/aromatic N) is 4. The highest BCUT2D eigenvalue weighted by atomic mass is 32.2. The van der Waals surface area contributed by atoms with Crippen molar-refractivity contribution in [1.82, 2.24) is 19.1 Å². The van der Waals surface area contributed by atoms with Crippen LogP contribution in [-0.4, -0.2) is 69.1 Å². The standard InChI is InChI=1S/C23H26N6O6S2/c1-12-8-28(37(3,33)34)18(22(31)32)17(12)20-26-23(29(27-20)21(30)16-10-35-9-13(16)2)36-11-14-4-6-15(7-5-14)19(24)25/h4-7,9-10,12,17-18H,8,11H2,1-3H3,(H3,24,25)(H,31,32). The Hall–Kier alpha value is -3.49. The maximum absolute atomic E-state index is 13.4. The Bertz CT molecular complexity index is 1460. The van der Waals surface area contributed by atoms with E-state index in [9.17, 15) is 23.1 Å². The summed E-state index contributed by atoms with van der Waals surface area (Å²) in [6.07, 6.45) is 3.70. The van der Waals surface area contributed by atoms with Crippen LogP contribution >= 0.6 is 11.8 Å². The Kier molecular flexibility index (Phi) is 7.26. The van der Waals surface area contributed by atoms with Gasteiger partial charge in [0.15, 0.2) is 11.0 Å². The van der Waals surface area contributed by atoms with Crippen LogP contribution in [0.5, 0.6) is 0 Å². The predicted octanol–water partition coefficient (Wildman–Crippen LogP) is 1.89. The van der Waals surface area contributed by atoms with Gasteiger partial charge >= 0.3 is 5.97 Å². The summed E-state index contributed by atoms with van der Waals surface area (Å²) in [6, 6.07) is 5.63. The number of aliphatic carboxylic acids is 1. The summed E-state index contributed by atoms with van der Waals surface area (Å²) >= 11 is 1.22. The van der Waals surface area contributed by atoms with E-state index < -0.39 is 39.8 Å². The molecule has 0 radical (unpaired) electrons. The van der Waals surface area contributed by atoms with E-state index in [4.69, 9.17) is 15.6 Å². The number of furan rings is 1. The molecule has 4 N–H and O–H groups in total. The molecule has 0 bridgehead atoms. The van der Waals surface area contributed by atoms with Gasteiger partial charge in [-0.1, -0.05) is 43.0 Å². The first kappa shape index (κ1) is 26.6. The van der Waals surface area contributed by atoms with Gasteiger partial charge in [0.2, 0.25) is 10.0 Å². The second-order valence-corrected chi connectivity index (χ2v) is 11.8. The van der Waals surface area contributed by atoms with Crippen molar-refractivity contribution in [2.45, 2.75) is 36.7 Å². The Labute approximate surface area is 217 Å². The molecule has 1 saturated heterocycles. The van der Waals surface area contributed by atoms with Gasteiger partial charge in [-0.15, -0.1) is 5.10 Å². The molecule has 14 heteroatoms. The van der Waals surface area contributed by atoms with Crippen LogP contribution in [0.4, 0.5) is 0 Å². The highest BCUT2D eigenvalue weighted by molar-refractivity contribution is 7.98. The van der Waals surface area contributed by atoms with E-state index in [0.29, 0.717) is 16.9 Å². The van der Waals surface area contributed by atoms with E-state index in [1.165, 1.54) is 24.3 Å². The number of nitrogens with two attached hydrogens (primary N) is 1. The van der Waals surface area contributed by atoms with E-state index in [-0.39, 0.29) is 28.9 Å². The van der Waals surface area contributed by atoms with Gasteiger partial charge in [0.25, 0.3) is 5.91 Å². The van der Waals surface area contributed by atoms with Crippen LogP contribution in [0.3, 0.4) is 0 Å². The molecule has 4 rings (SSSR count). The van der Waals surface area contributed by atoms with Gasteiger partial charge in [-0.25, -0.2) is 13.4 Å². The molecule has 0 aliphatic carbocycles. The number of carboxylic acids is 1. The number of sulfonamides is 1. The third-order valence-electron chi connectivity index (χ3n) is 6.21. The molecule has 2 aromatic heterocycles. The summed E-state index contributed by atoms with van der Waals surface area (Å²) in [4.78, 5) is 30.0. The number of benzene rings is 1. The molecule has 3 unspecified atom stereocenters. The number of nitrogen functional groups attached to an aromatic ring is 1. The topological polar surface area (TPSA) is 185 Å². The van der Waals surface area contributed by atoms with Crippen LogP contribution in [0.25, 0.3) is 0 Å². The molecular formula is C23H26N6O6S2. The van der Waals surface area contributed by atoms with Crippen molar-refractivity contribution < 1.29 is 27.5 Å². The average Bonchev–Trinajstić information content (AvgIpc) is 3.53. The van der Waals surface area contributed by atoms with Gasteiger partial charge in [0.05, 0.1) is 24.0 Å². The van der Waals surface area contributed by atoms with E-state index in [0.717, 1.165) is 20.8 Å². The van der Waals surface area contributed by atoms with Crippen molar-refractivity contribution in [2.24, 2.45) is 11.7 Å². The quantitative estimate of drug-likeness (QED) is 0.214. The summed E-state index contributed by atoms with van der Waals surface area (Å²) in [5, 5.41) is 22.1. The van der Waals surface area contributed by atoms with Crippen LogP contribution in [0, 0.1) is 18.3 Å². The molecule has 12 nitrogen and oxygen atoms in total. The highest BCUT2D eigenvalue weighted by Gasteiger charge is 2.50. The zero-order valence-electron chi connectivity index (χ0n) is 20.3. The van der Waals surface area contributed by atoms with Gasteiger partial charge in [-0.3, -0.25) is 15.0 Å². The van der Waals surface area contributed by atoms with Crippen LogP contribution in [0.1, 0.15) is 45.7 Å². The molecule has 1 fully saturated rings. The average molecular weight is 547 g/mol. The van der Waals surface area contributed by atoms with Crippen LogP contribution < -0.4 is 5.73 Å². The number of carbonyl (C=O) groups excluding carboxylic acids is 1. The molecule has 3 atom stereocenters. The Morgan fingerprint density at radius 1 is 1.27 bits per heavy atom. The fourth-order valence-corrected chi connectivity index (χ4v) is 6.35. The number of rotatable bonds is 8. The number of hydrogen-bond acceptors (Lipinski definition) is 9. The van der Waals surface area contributed by atoms with Gasteiger partial charge < -0.3 is 15.3 Å². The van der Waals surface area contributed by atoms with E-state index in [1.807, 2.05) is 0 Å². The van der Waals surface area contributed by atoms with Crippen LogP contribution in [0.15, 0.2) is 46.4 Å². The molecular weight excluding hydrogens is 520 g/mol. The third kappa shape index (κ3) is 5.31.